The molecule has 0 aliphatic carbocycles. The van der Waals surface area contributed by atoms with Gasteiger partial charge in [-0.1, -0.05) is 0 Å². The molecule has 2 fully saturated rings. The van der Waals surface area contributed by atoms with Crippen molar-refractivity contribution in [2.45, 2.75) is 26.2 Å². The summed E-state index contributed by atoms with van der Waals surface area (Å²) in [5.41, 5.74) is 3.40. The maximum Gasteiger partial charge on any atom is 0.0663 e. The van der Waals surface area contributed by atoms with Crippen LogP contribution in [0.5, 0.6) is 0 Å². The largest absolute Gasteiger partial charge is 0.302 e. The molecule has 0 saturated carbocycles. The van der Waals surface area contributed by atoms with Crippen molar-refractivity contribution in [1.82, 2.24) is 14.9 Å². The highest BCUT2D eigenvalue weighted by Gasteiger charge is 2.40. The summed E-state index contributed by atoms with van der Waals surface area (Å²) in [6, 6.07) is 0. The topological polar surface area (TPSA) is 29.0 Å². The number of aromatic nitrogens is 2. The maximum absolute atomic E-state index is 4.59. The molecule has 1 aromatic heterocycles. The van der Waals surface area contributed by atoms with Crippen LogP contribution in [0.15, 0.2) is 6.20 Å². The summed E-state index contributed by atoms with van der Waals surface area (Å²) in [5.74, 6) is 1.48. The van der Waals surface area contributed by atoms with Crippen LogP contribution >= 0.6 is 24.8 Å². The molecule has 17 heavy (non-hydrogen) atoms. The number of halogens is 2. The van der Waals surface area contributed by atoms with E-state index in [0.29, 0.717) is 5.92 Å². The van der Waals surface area contributed by atoms with Gasteiger partial charge in [0.15, 0.2) is 0 Å². The van der Waals surface area contributed by atoms with Gasteiger partial charge in [-0.25, -0.2) is 0 Å². The third kappa shape index (κ3) is 2.56. The van der Waals surface area contributed by atoms with Crippen molar-refractivity contribution in [1.29, 1.82) is 0 Å². The Morgan fingerprint density at radius 2 is 2.00 bits per heavy atom. The lowest BCUT2D eigenvalue weighted by Gasteiger charge is -2.22. The van der Waals surface area contributed by atoms with E-state index in [4.69, 9.17) is 0 Å². The molecule has 3 rings (SSSR count). The zero-order chi connectivity index (χ0) is 10.4. The molecule has 0 spiro atoms. The fourth-order valence-electron chi connectivity index (χ4n) is 3.06. The monoisotopic (exact) mass is 275 g/mol. The molecular formula is C12H19Cl2N3. The van der Waals surface area contributed by atoms with E-state index in [2.05, 4.69) is 21.8 Å². The van der Waals surface area contributed by atoms with Crippen LogP contribution in [-0.2, 0) is 0 Å². The van der Waals surface area contributed by atoms with E-state index < -0.39 is 0 Å². The van der Waals surface area contributed by atoms with Crippen LogP contribution in [0.4, 0.5) is 0 Å². The van der Waals surface area contributed by atoms with Crippen LogP contribution in [0.3, 0.4) is 0 Å². The summed E-state index contributed by atoms with van der Waals surface area (Å²) in [6.45, 7) is 7.87. The number of fused-ring (bicyclic) bond motifs is 2. The number of hydrogen-bond donors (Lipinski definition) is 0. The van der Waals surface area contributed by atoms with Crippen molar-refractivity contribution in [3.8, 4) is 0 Å². The molecular weight excluding hydrogens is 257 g/mol. The maximum atomic E-state index is 4.59. The number of aryl methyl sites for hydroxylation is 2. The van der Waals surface area contributed by atoms with E-state index in [0.717, 1.165) is 17.3 Å². The highest BCUT2D eigenvalue weighted by molar-refractivity contribution is 5.85. The first-order valence-electron chi connectivity index (χ1n) is 5.76. The molecule has 3 nitrogen and oxygen atoms in total. The fourth-order valence-corrected chi connectivity index (χ4v) is 3.06. The van der Waals surface area contributed by atoms with Gasteiger partial charge in [-0.2, -0.15) is 0 Å². The van der Waals surface area contributed by atoms with Gasteiger partial charge in [-0.15, -0.1) is 24.8 Å². The quantitative estimate of drug-likeness (QED) is 0.788. The van der Waals surface area contributed by atoms with Gasteiger partial charge >= 0.3 is 0 Å². The third-order valence-electron chi connectivity index (χ3n) is 3.79. The lowest BCUT2D eigenvalue weighted by Crippen LogP contribution is -2.23. The van der Waals surface area contributed by atoms with Crippen molar-refractivity contribution in [2.75, 3.05) is 19.6 Å². The number of hydrogen-bond acceptors (Lipinski definition) is 3. The second kappa shape index (κ2) is 5.51. The van der Waals surface area contributed by atoms with Crippen molar-refractivity contribution >= 4 is 24.8 Å². The molecule has 2 aliphatic rings. The molecule has 3 atom stereocenters. The highest BCUT2D eigenvalue weighted by atomic mass is 35.5. The Labute approximate surface area is 115 Å². The summed E-state index contributed by atoms with van der Waals surface area (Å²) >= 11 is 0. The van der Waals surface area contributed by atoms with E-state index in [1.54, 1.807) is 0 Å². The molecule has 1 aromatic rings. The molecule has 3 heterocycles. The van der Waals surface area contributed by atoms with Gasteiger partial charge in [0.25, 0.3) is 0 Å². The van der Waals surface area contributed by atoms with Crippen LogP contribution < -0.4 is 0 Å². The lowest BCUT2D eigenvalue weighted by atomic mass is 9.89. The smallest absolute Gasteiger partial charge is 0.0663 e. The average molecular weight is 276 g/mol. The van der Waals surface area contributed by atoms with Crippen molar-refractivity contribution in [3.63, 3.8) is 0 Å². The van der Waals surface area contributed by atoms with Crippen molar-refractivity contribution in [2.24, 2.45) is 5.92 Å². The fraction of sp³-hybridized carbons (Fsp3) is 0.667. The van der Waals surface area contributed by atoms with Gasteiger partial charge in [0.05, 0.1) is 17.1 Å². The predicted octanol–water partition coefficient (Wildman–Crippen LogP) is 2.36. The Hall–Kier alpha value is -0.380. The standard InChI is InChI=1S/C12H17N3.2ClH/c1-8-5-13-12(9(2)14-8)11-7-15-4-3-10(11)6-15;;/h5,10-11H,3-4,6-7H2,1-2H3;2*1H. The van der Waals surface area contributed by atoms with E-state index >= 15 is 0 Å². The van der Waals surface area contributed by atoms with E-state index in [1.807, 2.05) is 13.1 Å². The number of nitrogens with zero attached hydrogens (tertiary/aromatic N) is 3. The molecule has 2 saturated heterocycles. The minimum absolute atomic E-state index is 0. The summed E-state index contributed by atoms with van der Waals surface area (Å²) < 4.78 is 0. The molecule has 5 heteroatoms. The molecule has 96 valence electrons. The lowest BCUT2D eigenvalue weighted by molar-refractivity contribution is 0.343. The van der Waals surface area contributed by atoms with Crippen LogP contribution in [-0.4, -0.2) is 34.5 Å². The van der Waals surface area contributed by atoms with E-state index in [1.165, 1.54) is 31.7 Å². The normalized spacial score (nSPS) is 29.6. The van der Waals surface area contributed by atoms with Crippen LogP contribution in [0.1, 0.15) is 29.4 Å². The molecule has 0 aromatic carbocycles. The minimum atomic E-state index is 0. The zero-order valence-corrected chi connectivity index (χ0v) is 11.9. The average Bonchev–Trinajstić information content (AvgIpc) is 2.78. The molecule has 0 N–H and O–H groups in total. The first-order chi connectivity index (χ1) is 7.24. The highest BCUT2D eigenvalue weighted by Crippen LogP contribution is 2.39. The number of rotatable bonds is 1. The molecule has 0 amide bonds. The van der Waals surface area contributed by atoms with Gasteiger partial charge in [-0.05, 0) is 32.7 Å². The Morgan fingerprint density at radius 3 is 2.53 bits per heavy atom. The van der Waals surface area contributed by atoms with Crippen molar-refractivity contribution in [3.05, 3.63) is 23.3 Å². The predicted molar refractivity (Wildman–Crippen MR) is 73.3 cm³/mol. The van der Waals surface area contributed by atoms with Gasteiger partial charge < -0.3 is 4.90 Å². The Balaban J connectivity index is 0.000000722. The summed E-state index contributed by atoms with van der Waals surface area (Å²) in [7, 11) is 0. The van der Waals surface area contributed by atoms with Gasteiger partial charge in [-0.3, -0.25) is 9.97 Å². The first-order valence-corrected chi connectivity index (χ1v) is 5.76. The van der Waals surface area contributed by atoms with E-state index in [-0.39, 0.29) is 24.8 Å². The zero-order valence-electron chi connectivity index (χ0n) is 10.2. The van der Waals surface area contributed by atoms with Crippen LogP contribution in [0.25, 0.3) is 0 Å². The third-order valence-corrected chi connectivity index (χ3v) is 3.79. The first kappa shape index (κ1) is 14.7. The molecule has 3 unspecified atom stereocenters. The van der Waals surface area contributed by atoms with E-state index in [9.17, 15) is 0 Å². The molecule has 0 radical (unpaired) electrons. The van der Waals surface area contributed by atoms with Crippen molar-refractivity contribution < 1.29 is 0 Å². The summed E-state index contributed by atoms with van der Waals surface area (Å²) in [4.78, 5) is 11.7. The molecule has 2 aliphatic heterocycles. The summed E-state index contributed by atoms with van der Waals surface area (Å²) in [6.07, 6.45) is 3.25. The summed E-state index contributed by atoms with van der Waals surface area (Å²) in [5, 5.41) is 0. The van der Waals surface area contributed by atoms with Gasteiger partial charge in [0.1, 0.15) is 0 Å². The molecule has 2 bridgehead atoms. The number of piperidine rings is 1. The SMILES string of the molecule is Cc1cnc(C2CN3CCC2C3)c(C)n1.Cl.Cl. The minimum Gasteiger partial charge on any atom is -0.302 e. The van der Waals surface area contributed by atoms with Crippen LogP contribution in [0.2, 0.25) is 0 Å². The van der Waals surface area contributed by atoms with Gasteiger partial charge in [0, 0.05) is 25.2 Å². The Morgan fingerprint density at radius 1 is 1.24 bits per heavy atom. The van der Waals surface area contributed by atoms with Crippen LogP contribution in [0, 0.1) is 19.8 Å². The second-order valence-corrected chi connectivity index (χ2v) is 4.90. The Bertz CT molecular complexity index is 397. The second-order valence-electron chi connectivity index (χ2n) is 4.90. The Kier molecular flexibility index (Phi) is 4.76. The van der Waals surface area contributed by atoms with Gasteiger partial charge in [0.2, 0.25) is 0 Å².